The molecule has 0 aliphatic carbocycles. The summed E-state index contributed by atoms with van der Waals surface area (Å²) < 4.78 is 0.678. The van der Waals surface area contributed by atoms with Gasteiger partial charge in [0.2, 0.25) is 5.91 Å². The van der Waals surface area contributed by atoms with E-state index in [1.54, 1.807) is 25.4 Å². The average Bonchev–Trinajstić information content (AvgIpc) is 2.56. The van der Waals surface area contributed by atoms with Gasteiger partial charge in [-0.3, -0.25) is 20.0 Å². The first kappa shape index (κ1) is 19.7. The lowest BCUT2D eigenvalue weighted by atomic mass is 9.77. The Morgan fingerprint density at radius 3 is 2.88 bits per heavy atom. The van der Waals surface area contributed by atoms with Crippen LogP contribution in [0.1, 0.15) is 39.5 Å². The lowest BCUT2D eigenvalue weighted by Gasteiger charge is -2.39. The standard InChI is InChI=1S/C17H26BrN5O2/c1-4-12(17(2)11-15(24)22(3)16(19)21-17)6-5-9-23(25)13-7-8-20-14(18)10-13/h7-8,10,12,25H,4-6,9,11H2,1-3H3,(H2,19,21)/t12?,17-/m0/s1. The Labute approximate surface area is 157 Å². The van der Waals surface area contributed by atoms with Gasteiger partial charge >= 0.3 is 0 Å². The molecule has 3 N–H and O–H groups in total. The molecule has 1 aromatic heterocycles. The number of hydrogen-bond donors (Lipinski definition) is 2. The van der Waals surface area contributed by atoms with E-state index in [1.807, 2.05) is 6.92 Å². The highest BCUT2D eigenvalue weighted by Crippen LogP contribution is 2.35. The summed E-state index contributed by atoms with van der Waals surface area (Å²) in [5.74, 6) is 0.503. The largest absolute Gasteiger partial charge is 0.369 e. The minimum absolute atomic E-state index is 0.00105. The van der Waals surface area contributed by atoms with Crippen LogP contribution in [0.15, 0.2) is 27.9 Å². The number of hydrogen-bond acceptors (Lipinski definition) is 6. The van der Waals surface area contributed by atoms with Crippen LogP contribution in [0.25, 0.3) is 0 Å². The van der Waals surface area contributed by atoms with Gasteiger partial charge in [0.25, 0.3) is 0 Å². The average molecular weight is 412 g/mol. The molecule has 7 nitrogen and oxygen atoms in total. The predicted molar refractivity (Wildman–Crippen MR) is 101 cm³/mol. The van der Waals surface area contributed by atoms with Gasteiger partial charge in [0, 0.05) is 19.8 Å². The molecule has 0 fully saturated rings. The molecule has 25 heavy (non-hydrogen) atoms. The van der Waals surface area contributed by atoms with E-state index in [4.69, 9.17) is 5.73 Å². The van der Waals surface area contributed by atoms with Gasteiger partial charge in [0.15, 0.2) is 5.96 Å². The van der Waals surface area contributed by atoms with Crippen LogP contribution in [0.4, 0.5) is 5.69 Å². The maximum Gasteiger partial charge on any atom is 0.231 e. The smallest absolute Gasteiger partial charge is 0.231 e. The Morgan fingerprint density at radius 1 is 1.56 bits per heavy atom. The van der Waals surface area contributed by atoms with E-state index >= 15 is 0 Å². The molecule has 1 aliphatic heterocycles. The van der Waals surface area contributed by atoms with E-state index in [0.29, 0.717) is 23.3 Å². The molecule has 2 atom stereocenters. The number of anilines is 1. The fourth-order valence-corrected chi connectivity index (χ4v) is 3.64. The highest BCUT2D eigenvalue weighted by atomic mass is 79.9. The van der Waals surface area contributed by atoms with Gasteiger partial charge in [-0.15, -0.1) is 0 Å². The second-order valence-corrected chi connectivity index (χ2v) is 7.48. The highest BCUT2D eigenvalue weighted by Gasteiger charge is 2.39. The normalized spacial score (nSPS) is 21.9. The Balaban J connectivity index is 1.97. The molecule has 8 heteroatoms. The first-order chi connectivity index (χ1) is 11.8. The fraction of sp³-hybridized carbons (Fsp3) is 0.588. The summed E-state index contributed by atoms with van der Waals surface area (Å²) in [7, 11) is 1.65. The van der Waals surface area contributed by atoms with Crippen molar-refractivity contribution in [3.63, 3.8) is 0 Å². The summed E-state index contributed by atoms with van der Waals surface area (Å²) in [6.07, 6.45) is 4.54. The number of hydroxylamine groups is 1. The summed E-state index contributed by atoms with van der Waals surface area (Å²) in [5, 5.41) is 11.4. The molecule has 1 aromatic rings. The first-order valence-corrected chi connectivity index (χ1v) is 9.26. The zero-order valence-electron chi connectivity index (χ0n) is 14.9. The van der Waals surface area contributed by atoms with Gasteiger partial charge in [-0.05, 0) is 53.7 Å². The third-order valence-electron chi connectivity index (χ3n) is 4.90. The number of pyridine rings is 1. The molecule has 0 spiro atoms. The quantitative estimate of drug-likeness (QED) is 0.531. The van der Waals surface area contributed by atoms with Crippen molar-refractivity contribution in [1.82, 2.24) is 9.88 Å². The fourth-order valence-electron chi connectivity index (χ4n) is 3.29. The topological polar surface area (TPSA) is 95.0 Å². The van der Waals surface area contributed by atoms with Crippen molar-refractivity contribution < 1.29 is 10.0 Å². The highest BCUT2D eigenvalue weighted by molar-refractivity contribution is 9.10. The molecular formula is C17H26BrN5O2. The van der Waals surface area contributed by atoms with Crippen LogP contribution in [0.3, 0.4) is 0 Å². The summed E-state index contributed by atoms with van der Waals surface area (Å²) in [6, 6.07) is 3.52. The number of carbonyl (C=O) groups is 1. The van der Waals surface area contributed by atoms with Gasteiger partial charge in [-0.2, -0.15) is 0 Å². The van der Waals surface area contributed by atoms with E-state index in [-0.39, 0.29) is 17.8 Å². The summed E-state index contributed by atoms with van der Waals surface area (Å²) >= 11 is 3.30. The second-order valence-electron chi connectivity index (χ2n) is 6.66. The minimum atomic E-state index is -0.484. The number of carbonyl (C=O) groups excluding carboxylic acids is 1. The Kier molecular flexibility index (Phi) is 6.40. The van der Waals surface area contributed by atoms with Crippen molar-refractivity contribution >= 4 is 33.5 Å². The van der Waals surface area contributed by atoms with Crippen molar-refractivity contribution in [2.75, 3.05) is 18.7 Å². The monoisotopic (exact) mass is 411 g/mol. The third kappa shape index (κ3) is 4.70. The number of amides is 1. The van der Waals surface area contributed by atoms with Crippen LogP contribution in [0.2, 0.25) is 0 Å². The molecule has 0 aromatic carbocycles. The van der Waals surface area contributed by atoms with E-state index in [0.717, 1.165) is 19.3 Å². The number of aliphatic imine (C=N–C) groups is 1. The molecule has 2 rings (SSSR count). The Bertz CT molecular complexity index is 654. The molecule has 138 valence electrons. The van der Waals surface area contributed by atoms with Gasteiger partial charge < -0.3 is 5.73 Å². The first-order valence-electron chi connectivity index (χ1n) is 8.46. The van der Waals surface area contributed by atoms with Gasteiger partial charge in [-0.25, -0.2) is 9.98 Å². The molecule has 0 saturated heterocycles. The van der Waals surface area contributed by atoms with Crippen molar-refractivity contribution in [2.24, 2.45) is 16.6 Å². The number of aromatic nitrogens is 1. The summed E-state index contributed by atoms with van der Waals surface area (Å²) in [4.78, 5) is 22.2. The molecule has 0 radical (unpaired) electrons. The van der Waals surface area contributed by atoms with Crippen molar-refractivity contribution in [2.45, 2.75) is 45.1 Å². The van der Waals surface area contributed by atoms with Crippen LogP contribution in [0, 0.1) is 5.92 Å². The second kappa shape index (κ2) is 8.14. The van der Waals surface area contributed by atoms with E-state index < -0.39 is 5.54 Å². The molecule has 1 unspecified atom stereocenters. The van der Waals surface area contributed by atoms with Crippen LogP contribution < -0.4 is 10.8 Å². The molecule has 1 amide bonds. The number of rotatable bonds is 7. The molecule has 1 aliphatic rings. The van der Waals surface area contributed by atoms with E-state index in [2.05, 4.69) is 32.8 Å². The molecule has 0 bridgehead atoms. The van der Waals surface area contributed by atoms with Gasteiger partial charge in [0.05, 0.1) is 17.6 Å². The molecular weight excluding hydrogens is 386 g/mol. The number of nitrogens with zero attached hydrogens (tertiary/aromatic N) is 4. The Hall–Kier alpha value is -1.67. The predicted octanol–water partition coefficient (Wildman–Crippen LogP) is 2.78. The van der Waals surface area contributed by atoms with Crippen molar-refractivity contribution in [3.05, 3.63) is 22.9 Å². The van der Waals surface area contributed by atoms with Gasteiger partial charge in [0.1, 0.15) is 4.60 Å². The van der Waals surface area contributed by atoms with Crippen LogP contribution in [-0.4, -0.2) is 46.1 Å². The lowest BCUT2D eigenvalue weighted by Crippen LogP contribution is -2.51. The maximum atomic E-state index is 12.1. The Morgan fingerprint density at radius 2 is 2.28 bits per heavy atom. The lowest BCUT2D eigenvalue weighted by molar-refractivity contribution is -0.129. The zero-order chi connectivity index (χ0) is 18.6. The van der Waals surface area contributed by atoms with Crippen LogP contribution in [-0.2, 0) is 4.79 Å². The van der Waals surface area contributed by atoms with Crippen molar-refractivity contribution in [1.29, 1.82) is 0 Å². The molecule has 2 heterocycles. The van der Waals surface area contributed by atoms with E-state index in [1.165, 1.54) is 9.96 Å². The molecule has 0 saturated carbocycles. The van der Waals surface area contributed by atoms with Gasteiger partial charge in [-0.1, -0.05) is 13.3 Å². The summed E-state index contributed by atoms with van der Waals surface area (Å²) in [5.41, 5.74) is 6.11. The van der Waals surface area contributed by atoms with Crippen LogP contribution >= 0.6 is 15.9 Å². The van der Waals surface area contributed by atoms with Crippen molar-refractivity contribution in [3.8, 4) is 0 Å². The van der Waals surface area contributed by atoms with E-state index in [9.17, 15) is 10.0 Å². The van der Waals surface area contributed by atoms with Crippen LogP contribution in [0.5, 0.6) is 0 Å². The minimum Gasteiger partial charge on any atom is -0.369 e. The number of nitrogens with two attached hydrogens (primary N) is 1. The summed E-state index contributed by atoms with van der Waals surface area (Å²) in [6.45, 7) is 4.59. The maximum absolute atomic E-state index is 12.1. The number of halogens is 1. The zero-order valence-corrected chi connectivity index (χ0v) is 16.5. The number of guanidine groups is 1. The SMILES string of the molecule is CCC(CCCN(O)c1ccnc(Br)c1)[C@]1(C)CC(=O)N(C)C(N)=N1. The third-order valence-corrected chi connectivity index (χ3v) is 5.33.